The lowest BCUT2D eigenvalue weighted by Crippen LogP contribution is -2.01. The smallest absolute Gasteiger partial charge is 0.311 e. The molecule has 0 amide bonds. The van der Waals surface area contributed by atoms with E-state index in [1.165, 1.54) is 4.90 Å². The predicted molar refractivity (Wildman–Crippen MR) is 67.1 cm³/mol. The highest BCUT2D eigenvalue weighted by atomic mass is 32.2. The normalized spacial score (nSPS) is 10.4. The standard InChI is InChI=1S/C12H12N2O2S/c1-17-9-4-2-8(3-5-9)10-7-13-11(14-10)6-12(15)16/h2-5,7H,6H2,1H3,(H,13,14)(H,15,16). The Kier molecular flexibility index (Phi) is 3.49. The minimum atomic E-state index is -0.886. The van der Waals surface area contributed by atoms with E-state index in [-0.39, 0.29) is 6.42 Å². The highest BCUT2D eigenvalue weighted by Crippen LogP contribution is 2.21. The molecule has 0 aliphatic carbocycles. The maximum Gasteiger partial charge on any atom is 0.311 e. The van der Waals surface area contributed by atoms with Crippen LogP contribution >= 0.6 is 11.8 Å². The van der Waals surface area contributed by atoms with E-state index in [1.807, 2.05) is 30.5 Å². The molecule has 17 heavy (non-hydrogen) atoms. The molecule has 2 aromatic rings. The number of carboxylic acids is 1. The van der Waals surface area contributed by atoms with E-state index < -0.39 is 5.97 Å². The number of nitrogens with one attached hydrogen (secondary N) is 1. The summed E-state index contributed by atoms with van der Waals surface area (Å²) in [4.78, 5) is 18.8. The van der Waals surface area contributed by atoms with Crippen LogP contribution in [0.25, 0.3) is 11.3 Å². The van der Waals surface area contributed by atoms with Crippen molar-refractivity contribution in [1.82, 2.24) is 9.97 Å². The maximum absolute atomic E-state index is 10.5. The third-order valence-corrected chi connectivity index (χ3v) is 3.09. The van der Waals surface area contributed by atoms with Gasteiger partial charge in [-0.3, -0.25) is 4.79 Å². The van der Waals surface area contributed by atoms with E-state index >= 15 is 0 Å². The van der Waals surface area contributed by atoms with Crippen LogP contribution in [0.5, 0.6) is 0 Å². The Morgan fingerprint density at radius 3 is 2.71 bits per heavy atom. The number of benzene rings is 1. The van der Waals surface area contributed by atoms with Gasteiger partial charge in [-0.25, -0.2) is 4.98 Å². The van der Waals surface area contributed by atoms with Crippen LogP contribution in [0.3, 0.4) is 0 Å². The highest BCUT2D eigenvalue weighted by molar-refractivity contribution is 7.98. The Morgan fingerprint density at radius 2 is 2.12 bits per heavy atom. The van der Waals surface area contributed by atoms with Crippen molar-refractivity contribution in [3.63, 3.8) is 0 Å². The van der Waals surface area contributed by atoms with Crippen molar-refractivity contribution < 1.29 is 9.90 Å². The van der Waals surface area contributed by atoms with Crippen molar-refractivity contribution >= 4 is 17.7 Å². The summed E-state index contributed by atoms with van der Waals surface area (Å²) in [6.07, 6.45) is 3.60. The van der Waals surface area contributed by atoms with Crippen LogP contribution in [0.1, 0.15) is 5.82 Å². The summed E-state index contributed by atoms with van der Waals surface area (Å²) in [5.41, 5.74) is 1.85. The van der Waals surface area contributed by atoms with Gasteiger partial charge in [0.1, 0.15) is 12.2 Å². The summed E-state index contributed by atoms with van der Waals surface area (Å²) >= 11 is 1.68. The Hall–Kier alpha value is -1.75. The summed E-state index contributed by atoms with van der Waals surface area (Å²) < 4.78 is 0. The van der Waals surface area contributed by atoms with Crippen LogP contribution in [-0.2, 0) is 11.2 Å². The summed E-state index contributed by atoms with van der Waals surface area (Å²) in [6.45, 7) is 0. The number of aromatic amines is 1. The number of aromatic nitrogens is 2. The molecule has 0 atom stereocenters. The monoisotopic (exact) mass is 248 g/mol. The lowest BCUT2D eigenvalue weighted by atomic mass is 10.2. The van der Waals surface area contributed by atoms with Crippen molar-refractivity contribution in [2.75, 3.05) is 6.26 Å². The first-order chi connectivity index (χ1) is 8.19. The fourth-order valence-corrected chi connectivity index (χ4v) is 1.92. The molecule has 0 saturated carbocycles. The second-order valence-corrected chi connectivity index (χ2v) is 4.42. The van der Waals surface area contributed by atoms with Crippen molar-refractivity contribution in [3.05, 3.63) is 36.3 Å². The van der Waals surface area contributed by atoms with Crippen LogP contribution < -0.4 is 0 Å². The van der Waals surface area contributed by atoms with Gasteiger partial charge in [0.25, 0.3) is 0 Å². The molecule has 0 bridgehead atoms. The number of nitrogens with zero attached hydrogens (tertiary/aromatic N) is 1. The van der Waals surface area contributed by atoms with Gasteiger partial charge in [0.2, 0.25) is 0 Å². The van der Waals surface area contributed by atoms with Gasteiger partial charge in [-0.05, 0) is 24.0 Å². The number of rotatable bonds is 4. The van der Waals surface area contributed by atoms with Gasteiger partial charge in [0, 0.05) is 4.90 Å². The van der Waals surface area contributed by atoms with Crippen LogP contribution in [-0.4, -0.2) is 27.3 Å². The van der Waals surface area contributed by atoms with Crippen molar-refractivity contribution in [2.45, 2.75) is 11.3 Å². The van der Waals surface area contributed by atoms with Crippen LogP contribution in [0.4, 0.5) is 0 Å². The van der Waals surface area contributed by atoms with E-state index in [1.54, 1.807) is 18.0 Å². The molecule has 0 aliphatic rings. The van der Waals surface area contributed by atoms with E-state index in [9.17, 15) is 4.79 Å². The third-order valence-electron chi connectivity index (χ3n) is 2.35. The Labute approximate surface area is 103 Å². The molecule has 0 unspecified atom stereocenters. The fourth-order valence-electron chi connectivity index (χ4n) is 1.51. The number of H-pyrrole nitrogens is 1. The quantitative estimate of drug-likeness (QED) is 0.815. The van der Waals surface area contributed by atoms with Gasteiger partial charge in [-0.15, -0.1) is 11.8 Å². The number of carbonyl (C=O) groups is 1. The lowest BCUT2D eigenvalue weighted by molar-refractivity contribution is -0.136. The van der Waals surface area contributed by atoms with Crippen LogP contribution in [0.2, 0.25) is 0 Å². The van der Waals surface area contributed by atoms with Gasteiger partial charge in [0.15, 0.2) is 0 Å². The second-order valence-electron chi connectivity index (χ2n) is 3.54. The van der Waals surface area contributed by atoms with Gasteiger partial charge in [0.05, 0.1) is 11.9 Å². The molecule has 0 aliphatic heterocycles. The highest BCUT2D eigenvalue weighted by Gasteiger charge is 2.06. The molecule has 88 valence electrons. The van der Waals surface area contributed by atoms with E-state index in [2.05, 4.69) is 9.97 Å². The number of hydrogen-bond acceptors (Lipinski definition) is 3. The van der Waals surface area contributed by atoms with Crippen molar-refractivity contribution in [2.24, 2.45) is 0 Å². The first kappa shape index (κ1) is 11.7. The Balaban J connectivity index is 2.21. The summed E-state index contributed by atoms with van der Waals surface area (Å²) in [6, 6.07) is 8.03. The average molecular weight is 248 g/mol. The molecule has 0 fully saturated rings. The summed E-state index contributed by atoms with van der Waals surface area (Å²) in [5, 5.41) is 8.65. The zero-order valence-corrected chi connectivity index (χ0v) is 10.1. The van der Waals surface area contributed by atoms with E-state index in [4.69, 9.17) is 5.11 Å². The SMILES string of the molecule is CSc1ccc(-c2cnc(CC(=O)O)[nH]2)cc1. The molecule has 4 nitrogen and oxygen atoms in total. The number of thioether (sulfide) groups is 1. The Bertz CT molecular complexity index is 520. The maximum atomic E-state index is 10.5. The minimum Gasteiger partial charge on any atom is -0.481 e. The van der Waals surface area contributed by atoms with Crippen LogP contribution in [0, 0.1) is 0 Å². The minimum absolute atomic E-state index is 0.0805. The molecule has 0 saturated heterocycles. The van der Waals surface area contributed by atoms with Crippen LogP contribution in [0.15, 0.2) is 35.4 Å². The first-order valence-electron chi connectivity index (χ1n) is 5.09. The zero-order valence-electron chi connectivity index (χ0n) is 9.30. The Morgan fingerprint density at radius 1 is 1.41 bits per heavy atom. The molecule has 1 aromatic carbocycles. The summed E-state index contributed by atoms with van der Waals surface area (Å²) in [7, 11) is 0. The van der Waals surface area contributed by atoms with Crippen molar-refractivity contribution in [3.8, 4) is 11.3 Å². The molecular weight excluding hydrogens is 236 g/mol. The molecule has 2 N–H and O–H groups in total. The van der Waals surface area contributed by atoms with Crippen molar-refractivity contribution in [1.29, 1.82) is 0 Å². The second kappa shape index (κ2) is 5.05. The average Bonchev–Trinajstić information content (AvgIpc) is 2.77. The molecule has 1 heterocycles. The number of imidazole rings is 1. The largest absolute Gasteiger partial charge is 0.481 e. The lowest BCUT2D eigenvalue weighted by Gasteiger charge is -1.99. The first-order valence-corrected chi connectivity index (χ1v) is 6.31. The molecule has 0 spiro atoms. The fraction of sp³-hybridized carbons (Fsp3) is 0.167. The topological polar surface area (TPSA) is 66.0 Å². The molecule has 1 aromatic heterocycles. The molecule has 5 heteroatoms. The molecular formula is C12H12N2O2S. The van der Waals surface area contributed by atoms with Gasteiger partial charge < -0.3 is 10.1 Å². The zero-order chi connectivity index (χ0) is 12.3. The summed E-state index contributed by atoms with van der Waals surface area (Å²) in [5.74, 6) is -0.412. The van der Waals surface area contributed by atoms with Gasteiger partial charge in [-0.2, -0.15) is 0 Å². The third kappa shape index (κ3) is 2.88. The molecule has 2 rings (SSSR count). The molecule has 0 radical (unpaired) electrons. The van der Waals surface area contributed by atoms with E-state index in [0.717, 1.165) is 11.3 Å². The number of carboxylic acid groups (broad SMARTS) is 1. The van der Waals surface area contributed by atoms with Gasteiger partial charge >= 0.3 is 5.97 Å². The van der Waals surface area contributed by atoms with E-state index in [0.29, 0.717) is 5.82 Å². The van der Waals surface area contributed by atoms with Gasteiger partial charge in [-0.1, -0.05) is 12.1 Å². The number of hydrogen-bond donors (Lipinski definition) is 2. The number of aliphatic carboxylic acids is 1. The predicted octanol–water partition coefficient (Wildman–Crippen LogP) is 2.43.